The zero-order valence-electron chi connectivity index (χ0n) is 19.4. The zero-order valence-corrected chi connectivity index (χ0v) is 21.0. The van der Waals surface area contributed by atoms with Crippen molar-refractivity contribution in [3.05, 3.63) is 57.8 Å². The van der Waals surface area contributed by atoms with Gasteiger partial charge in [0, 0.05) is 22.5 Å². The largest absolute Gasteiger partial charge is 0.486 e. The highest BCUT2D eigenvalue weighted by Gasteiger charge is 2.34. The maximum absolute atomic E-state index is 13.1. The van der Waals surface area contributed by atoms with Crippen LogP contribution in [0.1, 0.15) is 53.1 Å². The summed E-state index contributed by atoms with van der Waals surface area (Å²) in [4.78, 5) is 21.5. The number of nitrogens with zero attached hydrogens (tertiary/aromatic N) is 3. The number of para-hydroxylation sites is 1. The molecule has 1 aromatic carbocycles. The van der Waals surface area contributed by atoms with E-state index in [0.29, 0.717) is 21.9 Å². The van der Waals surface area contributed by atoms with Crippen LogP contribution in [0, 0.1) is 0 Å². The molecular weight excluding hydrogens is 551 g/mol. The van der Waals surface area contributed by atoms with Gasteiger partial charge in [-0.15, -0.1) is 22.7 Å². The predicted molar refractivity (Wildman–Crippen MR) is 133 cm³/mol. The fourth-order valence-corrected chi connectivity index (χ4v) is 5.52. The Hall–Kier alpha value is -3.52. The first-order valence-corrected chi connectivity index (χ1v) is 13.2. The maximum atomic E-state index is 13.1. The number of thiazole rings is 2. The molecule has 5 rings (SSSR count). The molecule has 1 fully saturated rings. The van der Waals surface area contributed by atoms with Crippen LogP contribution in [0.25, 0.3) is 17.1 Å². The molecular formula is C24H19F5N4O3S2. The Morgan fingerprint density at radius 2 is 1.95 bits per heavy atom. The fraction of sp³-hybridized carbons (Fsp3) is 0.292. The number of fused-ring (bicyclic) bond motifs is 1. The Kier molecular flexibility index (Phi) is 7.34. The van der Waals surface area contributed by atoms with E-state index >= 15 is 0 Å². The van der Waals surface area contributed by atoms with Crippen LogP contribution >= 0.6 is 22.7 Å². The summed E-state index contributed by atoms with van der Waals surface area (Å²) in [7, 11) is 0. The van der Waals surface area contributed by atoms with Crippen molar-refractivity contribution >= 4 is 50.8 Å². The van der Waals surface area contributed by atoms with E-state index in [0.717, 1.165) is 31.1 Å². The van der Waals surface area contributed by atoms with Crippen LogP contribution in [0.5, 0.6) is 11.5 Å². The molecule has 1 N–H and O–H groups in total. The van der Waals surface area contributed by atoms with Gasteiger partial charge in [0.1, 0.15) is 5.69 Å². The van der Waals surface area contributed by atoms with Gasteiger partial charge in [0.25, 0.3) is 5.91 Å². The zero-order chi connectivity index (χ0) is 26.9. The normalized spacial score (nSPS) is 14.7. The molecule has 0 bridgehead atoms. The lowest BCUT2D eigenvalue weighted by Crippen LogP contribution is -2.15. The summed E-state index contributed by atoms with van der Waals surface area (Å²) >= 11 is 1.91. The summed E-state index contributed by atoms with van der Waals surface area (Å²) in [5.74, 6) is -0.664. The molecule has 3 heterocycles. The van der Waals surface area contributed by atoms with Gasteiger partial charge in [0.2, 0.25) is 0 Å². The highest BCUT2D eigenvalue weighted by molar-refractivity contribution is 7.15. The van der Waals surface area contributed by atoms with Gasteiger partial charge in [-0.05, 0) is 43.9 Å². The molecule has 38 heavy (non-hydrogen) atoms. The SMILES string of the molecule is O=C(Nc1nc(C(F)(F)F)cs1)c1c(C=Cc2cccc(OC(F)F)c2OC2CCCC2)nc2sccn12. The number of imidazole rings is 1. The topological polar surface area (TPSA) is 77.8 Å². The highest BCUT2D eigenvalue weighted by Crippen LogP contribution is 2.37. The number of hydrogen-bond acceptors (Lipinski definition) is 7. The Labute approximate surface area is 220 Å². The number of rotatable bonds is 8. The van der Waals surface area contributed by atoms with Crippen molar-refractivity contribution in [2.45, 2.75) is 44.6 Å². The van der Waals surface area contributed by atoms with E-state index in [4.69, 9.17) is 4.74 Å². The molecule has 3 aromatic heterocycles. The Balaban J connectivity index is 1.47. The molecule has 7 nitrogen and oxygen atoms in total. The third-order valence-corrected chi connectivity index (χ3v) is 7.27. The molecule has 0 atom stereocenters. The Bertz CT molecular complexity index is 1470. The third-order valence-electron chi connectivity index (χ3n) is 5.75. The van der Waals surface area contributed by atoms with Gasteiger partial charge in [0.05, 0.1) is 11.8 Å². The fourth-order valence-electron chi connectivity index (χ4n) is 4.08. The molecule has 1 aliphatic carbocycles. The third kappa shape index (κ3) is 5.65. The molecule has 4 aromatic rings. The minimum Gasteiger partial charge on any atom is -0.486 e. The van der Waals surface area contributed by atoms with Gasteiger partial charge in [-0.25, -0.2) is 9.97 Å². The van der Waals surface area contributed by atoms with Gasteiger partial charge in [-0.2, -0.15) is 22.0 Å². The van der Waals surface area contributed by atoms with Crippen molar-refractivity contribution in [3.63, 3.8) is 0 Å². The first-order chi connectivity index (χ1) is 18.2. The molecule has 0 saturated heterocycles. The number of nitrogens with one attached hydrogen (secondary N) is 1. The standard InChI is InChI=1S/C24H19F5N4O3S2/c25-21(26)36-16-7-3-4-13(19(16)35-14-5-1-2-6-14)8-9-15-18(33-10-11-37-23(33)30-15)20(34)32-22-31-17(12-38-22)24(27,28)29/h3-4,7-12,14,21H,1-2,5-6H2,(H,31,32,34). The van der Waals surface area contributed by atoms with E-state index in [1.165, 1.54) is 27.9 Å². The number of carbonyl (C=O) groups excluding carboxylic acids is 1. The van der Waals surface area contributed by atoms with Gasteiger partial charge >= 0.3 is 12.8 Å². The number of halogens is 5. The average Bonchev–Trinajstić information content (AvgIpc) is 3.63. The summed E-state index contributed by atoms with van der Waals surface area (Å²) in [5.41, 5.74) is -0.381. The second kappa shape index (κ2) is 10.7. The summed E-state index contributed by atoms with van der Waals surface area (Å²) in [6, 6.07) is 4.59. The predicted octanol–water partition coefficient (Wildman–Crippen LogP) is 7.22. The average molecular weight is 571 g/mol. The number of benzene rings is 1. The van der Waals surface area contributed by atoms with Gasteiger partial charge in [0.15, 0.2) is 27.3 Å². The number of anilines is 1. The molecule has 1 amide bonds. The lowest BCUT2D eigenvalue weighted by Gasteiger charge is -2.18. The van der Waals surface area contributed by atoms with Crippen molar-refractivity contribution < 1.29 is 36.2 Å². The van der Waals surface area contributed by atoms with Crippen molar-refractivity contribution in [2.75, 3.05) is 5.32 Å². The van der Waals surface area contributed by atoms with E-state index in [-0.39, 0.29) is 34.1 Å². The van der Waals surface area contributed by atoms with Crippen LogP contribution in [-0.2, 0) is 6.18 Å². The number of carbonyl (C=O) groups is 1. The summed E-state index contributed by atoms with van der Waals surface area (Å²) in [6.07, 6.45) is 3.45. The van der Waals surface area contributed by atoms with E-state index in [2.05, 4.69) is 20.0 Å². The van der Waals surface area contributed by atoms with E-state index in [1.807, 2.05) is 0 Å². The van der Waals surface area contributed by atoms with Crippen molar-refractivity contribution in [1.82, 2.24) is 14.4 Å². The number of amides is 1. The molecule has 0 spiro atoms. The van der Waals surface area contributed by atoms with Crippen LogP contribution in [0.15, 0.2) is 35.2 Å². The first-order valence-electron chi connectivity index (χ1n) is 11.4. The number of alkyl halides is 5. The van der Waals surface area contributed by atoms with Crippen LogP contribution in [-0.4, -0.2) is 33.0 Å². The van der Waals surface area contributed by atoms with Crippen LogP contribution in [0.2, 0.25) is 0 Å². The lowest BCUT2D eigenvalue weighted by atomic mass is 10.1. The van der Waals surface area contributed by atoms with Gasteiger partial charge < -0.3 is 9.47 Å². The van der Waals surface area contributed by atoms with E-state index < -0.39 is 24.4 Å². The number of hydrogen-bond donors (Lipinski definition) is 1. The molecule has 1 aliphatic rings. The highest BCUT2D eigenvalue weighted by atomic mass is 32.1. The summed E-state index contributed by atoms with van der Waals surface area (Å²) < 4.78 is 77.1. The van der Waals surface area contributed by atoms with Crippen LogP contribution < -0.4 is 14.8 Å². The molecule has 0 aliphatic heterocycles. The molecule has 14 heteroatoms. The number of aromatic nitrogens is 3. The van der Waals surface area contributed by atoms with E-state index in [9.17, 15) is 26.7 Å². The minimum atomic E-state index is -4.63. The summed E-state index contributed by atoms with van der Waals surface area (Å²) in [6.45, 7) is -3.04. The van der Waals surface area contributed by atoms with Crippen molar-refractivity contribution in [1.29, 1.82) is 0 Å². The summed E-state index contributed by atoms with van der Waals surface area (Å²) in [5, 5.41) is 4.70. The molecule has 1 saturated carbocycles. The van der Waals surface area contributed by atoms with Gasteiger partial charge in [-0.1, -0.05) is 12.1 Å². The molecule has 0 unspecified atom stereocenters. The maximum Gasteiger partial charge on any atom is 0.434 e. The second-order valence-corrected chi connectivity index (χ2v) is 10.0. The Morgan fingerprint density at radius 1 is 1.16 bits per heavy atom. The Morgan fingerprint density at radius 3 is 2.66 bits per heavy atom. The van der Waals surface area contributed by atoms with Crippen LogP contribution in [0.4, 0.5) is 27.1 Å². The van der Waals surface area contributed by atoms with Crippen molar-refractivity contribution in [2.24, 2.45) is 0 Å². The smallest absolute Gasteiger partial charge is 0.434 e. The van der Waals surface area contributed by atoms with Crippen LogP contribution in [0.3, 0.4) is 0 Å². The first kappa shape index (κ1) is 26.1. The van der Waals surface area contributed by atoms with Crippen molar-refractivity contribution in [3.8, 4) is 11.5 Å². The number of ether oxygens (including phenoxy) is 2. The van der Waals surface area contributed by atoms with Gasteiger partial charge in [-0.3, -0.25) is 14.5 Å². The quantitative estimate of drug-likeness (QED) is 0.227. The van der Waals surface area contributed by atoms with E-state index in [1.54, 1.807) is 29.8 Å². The minimum absolute atomic E-state index is 0.0690. The molecule has 200 valence electrons. The lowest BCUT2D eigenvalue weighted by molar-refractivity contribution is -0.140. The second-order valence-electron chi connectivity index (χ2n) is 8.30. The monoisotopic (exact) mass is 570 g/mol. The molecule has 0 radical (unpaired) electrons.